The fourth-order valence-electron chi connectivity index (χ4n) is 8.61. The molecular weight excluding hydrogens is 1380 g/mol. The number of carbonyl (C=O) groups excluding carboxylic acids is 3. The predicted octanol–water partition coefficient (Wildman–Crippen LogP) is 1.67. The molecule has 0 unspecified atom stereocenters. The molecule has 25 nitrogen and oxygen atoms in total. The summed E-state index contributed by atoms with van der Waals surface area (Å²) < 4.78 is 144. The number of rotatable bonds is 16. The summed E-state index contributed by atoms with van der Waals surface area (Å²) in [5.41, 5.74) is 0.547. The van der Waals surface area contributed by atoms with Gasteiger partial charge in [-0.05, 0) is 97.0 Å². The van der Waals surface area contributed by atoms with Gasteiger partial charge < -0.3 is 31.3 Å². The third kappa shape index (κ3) is 26.6. The molecule has 0 spiro atoms. The Bertz CT molecular complexity index is 3500. The number of nitrogens with zero attached hydrogens (tertiary/aromatic N) is 11. The fourth-order valence-corrected chi connectivity index (χ4v) is 11.2. The van der Waals surface area contributed by atoms with E-state index in [4.69, 9.17) is 31.1 Å². The van der Waals surface area contributed by atoms with Crippen LogP contribution in [-0.2, 0) is 43.8 Å². The smallest absolute Gasteiger partial charge is 1.00 e. The predicted molar refractivity (Wildman–Crippen MR) is 326 cm³/mol. The minimum Gasteiger partial charge on any atom is -1.00 e. The first-order chi connectivity index (χ1) is 38.5. The van der Waals surface area contributed by atoms with Gasteiger partial charge in [-0.3, -0.25) is 23.7 Å². The molecule has 90 heavy (non-hydrogen) atoms. The third-order valence-corrected chi connectivity index (χ3v) is 15.8. The first-order valence-electron chi connectivity index (χ1n) is 25.0. The Balaban J connectivity index is -0.000000659. The summed E-state index contributed by atoms with van der Waals surface area (Å²) in [5, 5.41) is 27.4. The van der Waals surface area contributed by atoms with E-state index in [9.17, 15) is 52.8 Å². The maximum Gasteiger partial charge on any atom is 1.00 e. The average molecular weight is 1450 g/mol. The molecule has 0 aliphatic carbocycles. The molecule has 0 saturated carbocycles. The number of nitrogens with one attached hydrogen (secondary N) is 3. The van der Waals surface area contributed by atoms with Gasteiger partial charge in [-0.2, -0.15) is 63.5 Å². The van der Waals surface area contributed by atoms with Crippen LogP contribution >= 0.6 is 51.0 Å². The number of sulfonamides is 2. The molecule has 498 valence electrons. The summed E-state index contributed by atoms with van der Waals surface area (Å²) in [4.78, 5) is 47.4. The largest absolute Gasteiger partial charge is 1.00 e. The minimum absolute atomic E-state index is 0. The van der Waals surface area contributed by atoms with Gasteiger partial charge in [-0.1, -0.05) is 40.3 Å². The third-order valence-electron chi connectivity index (χ3n) is 12.6. The molecule has 6 aromatic heterocycles. The van der Waals surface area contributed by atoms with Crippen LogP contribution in [0.1, 0.15) is 116 Å². The second-order valence-electron chi connectivity index (χ2n) is 20.5. The average Bonchev–Trinajstić information content (AvgIpc) is 1.96. The van der Waals surface area contributed by atoms with E-state index in [1.165, 1.54) is 93.6 Å². The normalized spacial score (nSPS) is 15.2. The number of hydrogen-bond donors (Lipinski definition) is 3. The van der Waals surface area contributed by atoms with Crippen LogP contribution in [0, 0.1) is 25.7 Å². The van der Waals surface area contributed by atoms with Crippen LogP contribution in [-0.4, -0.2) is 134 Å². The number of amides is 2. The molecule has 39 heteroatoms. The summed E-state index contributed by atoms with van der Waals surface area (Å²) in [6, 6.07) is 8.22. The van der Waals surface area contributed by atoms with Crippen LogP contribution in [0.15, 0.2) is 71.0 Å². The number of anilines is 1. The Hall–Kier alpha value is -3.10. The molecule has 2 saturated heterocycles. The van der Waals surface area contributed by atoms with Gasteiger partial charge in [0.2, 0.25) is 11.8 Å². The van der Waals surface area contributed by atoms with Gasteiger partial charge in [0, 0.05) is 56.2 Å². The van der Waals surface area contributed by atoms with Crippen molar-refractivity contribution >= 4 is 95.2 Å². The molecule has 0 bridgehead atoms. The Morgan fingerprint density at radius 3 is 1.48 bits per heavy atom. The van der Waals surface area contributed by atoms with E-state index in [-0.39, 0.29) is 226 Å². The molecule has 6 aromatic rings. The van der Waals surface area contributed by atoms with Crippen molar-refractivity contribution in [2.45, 2.75) is 129 Å². The number of carbonyl (C=O) groups is 3. The second kappa shape index (κ2) is 38.5. The molecule has 2 atom stereocenters. The molecule has 8 heterocycles. The van der Waals surface area contributed by atoms with Gasteiger partial charge in [0.05, 0.1) is 61.0 Å². The van der Waals surface area contributed by atoms with Crippen molar-refractivity contribution in [2.75, 3.05) is 31.2 Å². The first kappa shape index (κ1) is 91.1. The van der Waals surface area contributed by atoms with E-state index >= 15 is 0 Å². The number of halogens is 8. The van der Waals surface area contributed by atoms with E-state index < -0.39 is 75.8 Å². The van der Waals surface area contributed by atoms with Crippen molar-refractivity contribution in [2.24, 2.45) is 25.9 Å². The van der Waals surface area contributed by atoms with Crippen LogP contribution in [0.5, 0.6) is 11.8 Å². The summed E-state index contributed by atoms with van der Waals surface area (Å²) in [6.45, 7) is 16.4. The van der Waals surface area contributed by atoms with E-state index in [0.29, 0.717) is 23.5 Å². The number of hydrogen-bond acceptors (Lipinski definition) is 19. The van der Waals surface area contributed by atoms with Crippen LogP contribution in [0.3, 0.4) is 0 Å². The van der Waals surface area contributed by atoms with Gasteiger partial charge in [0.15, 0.2) is 11.6 Å². The summed E-state index contributed by atoms with van der Waals surface area (Å²) in [7, 11) is -5.27. The Kier molecular flexibility index (Phi) is 38.9. The molecule has 2 aliphatic heterocycles. The molecule has 3 N–H and O–H groups in total. The maximum absolute atomic E-state index is 13.4. The van der Waals surface area contributed by atoms with Gasteiger partial charge in [-0.25, -0.2) is 45.6 Å². The van der Waals surface area contributed by atoms with E-state index in [2.05, 4.69) is 73.0 Å². The Morgan fingerprint density at radius 1 is 0.744 bits per heavy atom. The SMILES string of the molecule is C.C.C[C@@H]1CNC(C)(C)C1.Cc1c(S(=O)(=O)NC(=O)c2ccc(-n3ccc(OCCC(F)(F)F)n3)nc2Cl)cnn1C.Cc1c(S(=O)(=O)NC(=O)c2ccc(-n3ccc(OCCC(F)(F)F)n3)nc2N2C[C@@H](C)CC2(C)C)cnn1C.Cl.O=CO[O-].S.S.[H-].[K+].[K+]. The van der Waals surface area contributed by atoms with Crippen LogP contribution < -0.4 is 137 Å². The zero-order valence-electron chi connectivity index (χ0n) is 50.9. The zero-order chi connectivity index (χ0) is 62.0. The summed E-state index contributed by atoms with van der Waals surface area (Å²) >= 11 is 6.04. The summed E-state index contributed by atoms with van der Waals surface area (Å²) in [6.07, 6.45) is -3.68. The first-order valence-corrected chi connectivity index (χ1v) is 28.4. The zero-order valence-corrected chi connectivity index (χ0v) is 61.4. The van der Waals surface area contributed by atoms with Crippen LogP contribution in [0.4, 0.5) is 32.2 Å². The molecule has 8 rings (SSSR count). The van der Waals surface area contributed by atoms with Crippen molar-refractivity contribution in [1.82, 2.24) is 63.9 Å². The van der Waals surface area contributed by atoms with Gasteiger partial charge in [0.1, 0.15) is 20.8 Å². The molecule has 2 fully saturated rings. The molecule has 0 radical (unpaired) electrons. The number of aromatic nitrogens is 10. The molecule has 0 aromatic carbocycles. The van der Waals surface area contributed by atoms with Crippen molar-refractivity contribution in [3.05, 3.63) is 88.9 Å². The number of aryl methyl sites for hydroxylation is 2. The number of ether oxygens (including phenoxy) is 2. The second-order valence-corrected chi connectivity index (χ2v) is 24.1. The van der Waals surface area contributed by atoms with E-state index in [0.717, 1.165) is 18.5 Å². The van der Waals surface area contributed by atoms with E-state index in [1.807, 2.05) is 23.5 Å². The van der Waals surface area contributed by atoms with Crippen molar-refractivity contribution < 1.29 is 181 Å². The van der Waals surface area contributed by atoms with Crippen LogP contribution in [0.25, 0.3) is 11.6 Å². The molecule has 2 aliphatic rings. The number of pyridine rings is 2. The van der Waals surface area contributed by atoms with Crippen molar-refractivity contribution in [3.8, 4) is 23.4 Å². The van der Waals surface area contributed by atoms with Crippen molar-refractivity contribution in [3.63, 3.8) is 0 Å². The monoisotopic (exact) mass is 1450 g/mol. The Morgan fingerprint density at radius 2 is 1.16 bits per heavy atom. The van der Waals surface area contributed by atoms with Crippen LogP contribution in [0.2, 0.25) is 5.15 Å². The maximum atomic E-state index is 13.4. The quantitative estimate of drug-likeness (QED) is 0.0310. The standard InChI is InChI=1S/C24H30F3N7O4S.C17H16ClF3N6O4S.C7H15N.CH2O3.2CH4.ClH.2K.2H2S.H/c1-15-12-23(3,4)33(14-15)21-17(22(35)31-39(36,37)18-13-28-32(5)16(18)2)6-7-19(29-21)34-10-8-20(30-34)38-11-9-24(25,26)27;1-10-12(9-22-26(10)2)32(29,30)25-16(28)11-3-4-13(23-15(11)18)27-7-5-14(24-27)31-8-6-17(19,20)21;1-6-4-7(2,3)8-5-6;2-1-4-3;;;;;;;;/h6-8,10,13,15H,9,11-12,14H2,1-5H3,(H,31,35);3-5,7,9H,6,8H2,1-2H3,(H,25,28);6,8H,4-5H2,1-3H3;1,3H;2*1H4;1H;;;2*1H2;/q;;;;;;;2*+1;;;-1/p-1/t15-;;6-;;;;;;;;;/m0.0........./s1. The number of alkyl halides is 6. The topological polar surface area (TPSA) is 307 Å². The van der Waals surface area contributed by atoms with Gasteiger partial charge in [0.25, 0.3) is 38.3 Å². The Labute approximate surface area is 631 Å². The van der Waals surface area contributed by atoms with Gasteiger partial charge >= 0.3 is 115 Å². The molecular formula is C51H76Cl2F6K2N14O11S4. The fraction of sp³-hybridized carbons (Fsp3) is 0.510. The van der Waals surface area contributed by atoms with Gasteiger partial charge in [-0.15, -0.1) is 22.6 Å². The minimum atomic E-state index is -4.35. The van der Waals surface area contributed by atoms with Crippen molar-refractivity contribution in [1.29, 1.82) is 0 Å². The summed E-state index contributed by atoms with van der Waals surface area (Å²) in [5.74, 6) is -0.131. The molecule has 2 amide bonds. The van der Waals surface area contributed by atoms with E-state index in [1.54, 1.807) is 21.0 Å².